The molecule has 5 nitrogen and oxygen atoms in total. The van der Waals surface area contributed by atoms with Gasteiger partial charge in [-0.25, -0.2) is 0 Å². The molecule has 0 aliphatic heterocycles. The van der Waals surface area contributed by atoms with Crippen LogP contribution in [0.15, 0.2) is 42.7 Å². The first-order valence-electron chi connectivity index (χ1n) is 6.24. The number of rotatable bonds is 4. The number of nitrogens with zero attached hydrogens (tertiary/aromatic N) is 2. The zero-order chi connectivity index (χ0) is 15.2. The maximum absolute atomic E-state index is 9.42. The maximum atomic E-state index is 9.42. The van der Waals surface area contributed by atoms with E-state index < -0.39 is 0 Å². The lowest BCUT2D eigenvalue weighted by Crippen LogP contribution is -2.04. The molecule has 0 amide bonds. The Morgan fingerprint density at radius 3 is 2.43 bits per heavy atom. The molecule has 1 aromatic heterocycles. The molecule has 0 aliphatic carbocycles. The Hall–Kier alpha value is -3.00. The fourth-order valence-electron chi connectivity index (χ4n) is 2.03. The molecule has 0 radical (unpaired) electrons. The summed E-state index contributed by atoms with van der Waals surface area (Å²) >= 11 is 0. The molecule has 1 aromatic carbocycles. The largest absolute Gasteiger partial charge is 0.493 e. The average molecular weight is 281 g/mol. The van der Waals surface area contributed by atoms with Crippen LogP contribution in [0, 0.1) is 11.3 Å². The van der Waals surface area contributed by atoms with Gasteiger partial charge in [-0.2, -0.15) is 5.26 Å². The highest BCUT2D eigenvalue weighted by Gasteiger charge is 2.15. The molecule has 0 fully saturated rings. The molecule has 2 rings (SSSR count). The van der Waals surface area contributed by atoms with Gasteiger partial charge in [0.2, 0.25) is 0 Å². The number of ether oxygens (including phenoxy) is 2. The Balaban J connectivity index is 2.65. The predicted octanol–water partition coefficient (Wildman–Crippen LogP) is 2.45. The normalized spacial score (nSPS) is 11.3. The van der Waals surface area contributed by atoms with E-state index in [0.29, 0.717) is 33.9 Å². The second-order valence-electron chi connectivity index (χ2n) is 4.18. The Labute approximate surface area is 123 Å². The van der Waals surface area contributed by atoms with Crippen LogP contribution in [0.1, 0.15) is 11.1 Å². The van der Waals surface area contributed by atoms with Crippen molar-refractivity contribution in [3.8, 4) is 17.6 Å². The number of methoxy groups -OCH3 is 2. The minimum absolute atomic E-state index is 0.333. The molecule has 0 bridgehead atoms. The quantitative estimate of drug-likeness (QED) is 0.870. The van der Waals surface area contributed by atoms with Gasteiger partial charge in [-0.3, -0.25) is 4.98 Å². The van der Waals surface area contributed by atoms with Crippen LogP contribution in [0.5, 0.6) is 11.5 Å². The molecular formula is C16H15N3O2. The van der Waals surface area contributed by atoms with E-state index >= 15 is 0 Å². The zero-order valence-corrected chi connectivity index (χ0v) is 11.8. The predicted molar refractivity (Wildman–Crippen MR) is 80.4 cm³/mol. The molecule has 0 saturated heterocycles. The summed E-state index contributed by atoms with van der Waals surface area (Å²) in [5.41, 5.74) is 8.20. The number of hydrogen-bond donors (Lipinski definition) is 1. The molecule has 0 unspecified atom stereocenters. The van der Waals surface area contributed by atoms with E-state index in [9.17, 15) is 5.26 Å². The van der Waals surface area contributed by atoms with E-state index in [1.54, 1.807) is 49.8 Å². The Bertz CT molecular complexity index is 703. The van der Waals surface area contributed by atoms with Gasteiger partial charge in [-0.05, 0) is 29.8 Å². The minimum Gasteiger partial charge on any atom is -0.493 e. The van der Waals surface area contributed by atoms with Gasteiger partial charge in [0.15, 0.2) is 11.5 Å². The lowest BCUT2D eigenvalue weighted by molar-refractivity contribution is 0.354. The highest BCUT2D eigenvalue weighted by atomic mass is 16.5. The molecule has 0 aliphatic rings. The van der Waals surface area contributed by atoms with Gasteiger partial charge in [0.1, 0.15) is 6.07 Å². The van der Waals surface area contributed by atoms with Crippen LogP contribution in [-0.4, -0.2) is 19.2 Å². The van der Waals surface area contributed by atoms with Crippen molar-refractivity contribution in [2.24, 2.45) is 5.73 Å². The van der Waals surface area contributed by atoms with Gasteiger partial charge in [-0.1, -0.05) is 6.07 Å². The number of pyridine rings is 1. The topological polar surface area (TPSA) is 81.2 Å². The third-order valence-electron chi connectivity index (χ3n) is 3.04. The molecule has 106 valence electrons. The second-order valence-corrected chi connectivity index (χ2v) is 4.18. The summed E-state index contributed by atoms with van der Waals surface area (Å²) in [5.74, 6) is 1.06. The van der Waals surface area contributed by atoms with Crippen molar-refractivity contribution in [3.05, 3.63) is 53.9 Å². The van der Waals surface area contributed by atoms with Crippen molar-refractivity contribution in [1.29, 1.82) is 5.26 Å². The van der Waals surface area contributed by atoms with E-state index in [1.807, 2.05) is 0 Å². The van der Waals surface area contributed by atoms with Gasteiger partial charge in [0.05, 0.1) is 25.5 Å². The van der Waals surface area contributed by atoms with Gasteiger partial charge in [-0.15, -0.1) is 0 Å². The van der Waals surface area contributed by atoms with Crippen molar-refractivity contribution < 1.29 is 9.47 Å². The third kappa shape index (κ3) is 2.79. The standard InChI is InChI=1S/C16H15N3O2/c1-20-14-5-3-4-12(16(14)21-2)15(18)13(10-17)11-6-8-19-9-7-11/h3-9H,18H2,1-2H3/b15-13+. The molecular weight excluding hydrogens is 266 g/mol. The smallest absolute Gasteiger partial charge is 0.170 e. The van der Waals surface area contributed by atoms with Crippen LogP contribution >= 0.6 is 0 Å². The first-order chi connectivity index (χ1) is 10.2. The molecule has 2 N–H and O–H groups in total. The third-order valence-corrected chi connectivity index (χ3v) is 3.04. The fourth-order valence-corrected chi connectivity index (χ4v) is 2.03. The van der Waals surface area contributed by atoms with Gasteiger partial charge in [0.25, 0.3) is 0 Å². The van der Waals surface area contributed by atoms with Gasteiger partial charge >= 0.3 is 0 Å². The SMILES string of the molecule is COc1cccc(/C(N)=C(/C#N)c2ccncc2)c1OC. The lowest BCUT2D eigenvalue weighted by atomic mass is 10.0. The molecule has 2 aromatic rings. The van der Waals surface area contributed by atoms with Gasteiger partial charge in [0, 0.05) is 18.0 Å². The number of allylic oxidation sites excluding steroid dienone is 1. The number of hydrogen-bond acceptors (Lipinski definition) is 5. The highest BCUT2D eigenvalue weighted by molar-refractivity contribution is 5.97. The number of aromatic nitrogens is 1. The van der Waals surface area contributed by atoms with Gasteiger partial charge < -0.3 is 15.2 Å². The van der Waals surface area contributed by atoms with Crippen molar-refractivity contribution in [2.75, 3.05) is 14.2 Å². The van der Waals surface area contributed by atoms with Crippen LogP contribution < -0.4 is 15.2 Å². The summed E-state index contributed by atoms with van der Waals surface area (Å²) in [6, 6.07) is 11.0. The van der Waals surface area contributed by atoms with Crippen molar-refractivity contribution >= 4 is 11.3 Å². The summed E-state index contributed by atoms with van der Waals surface area (Å²) in [6.07, 6.45) is 3.23. The monoisotopic (exact) mass is 281 g/mol. The van der Waals surface area contributed by atoms with Crippen LogP contribution in [0.2, 0.25) is 0 Å². The molecule has 1 heterocycles. The molecule has 0 saturated carbocycles. The van der Waals surface area contributed by atoms with Crippen molar-refractivity contribution in [3.63, 3.8) is 0 Å². The van der Waals surface area contributed by atoms with Crippen LogP contribution in [0.4, 0.5) is 0 Å². The first kappa shape index (κ1) is 14.4. The summed E-state index contributed by atoms with van der Waals surface area (Å²) < 4.78 is 10.6. The molecule has 0 spiro atoms. The number of nitriles is 1. The van der Waals surface area contributed by atoms with E-state index in [4.69, 9.17) is 15.2 Å². The van der Waals surface area contributed by atoms with Crippen LogP contribution in [0.25, 0.3) is 11.3 Å². The minimum atomic E-state index is 0.333. The Morgan fingerprint density at radius 2 is 1.86 bits per heavy atom. The maximum Gasteiger partial charge on any atom is 0.170 e. The van der Waals surface area contributed by atoms with Crippen LogP contribution in [-0.2, 0) is 0 Å². The van der Waals surface area contributed by atoms with E-state index in [2.05, 4.69) is 11.1 Å². The van der Waals surface area contributed by atoms with Crippen molar-refractivity contribution in [2.45, 2.75) is 0 Å². The fraction of sp³-hybridized carbons (Fsp3) is 0.125. The molecule has 5 heteroatoms. The lowest BCUT2D eigenvalue weighted by Gasteiger charge is -2.14. The number of para-hydroxylation sites is 1. The van der Waals surface area contributed by atoms with E-state index in [-0.39, 0.29) is 0 Å². The second kappa shape index (κ2) is 6.44. The Kier molecular flexibility index (Phi) is 4.42. The number of nitrogens with two attached hydrogens (primary N) is 1. The summed E-state index contributed by atoms with van der Waals surface area (Å²) in [4.78, 5) is 3.94. The first-order valence-corrected chi connectivity index (χ1v) is 6.24. The summed E-state index contributed by atoms with van der Waals surface area (Å²) in [6.45, 7) is 0. The van der Waals surface area contributed by atoms with E-state index in [1.165, 1.54) is 7.11 Å². The molecule has 0 atom stereocenters. The average Bonchev–Trinajstić information content (AvgIpc) is 2.55. The summed E-state index contributed by atoms with van der Waals surface area (Å²) in [5, 5.41) is 9.42. The molecule has 21 heavy (non-hydrogen) atoms. The van der Waals surface area contributed by atoms with Crippen LogP contribution in [0.3, 0.4) is 0 Å². The summed E-state index contributed by atoms with van der Waals surface area (Å²) in [7, 11) is 3.09. The zero-order valence-electron chi connectivity index (χ0n) is 11.8. The number of benzene rings is 1. The van der Waals surface area contributed by atoms with Crippen molar-refractivity contribution in [1.82, 2.24) is 4.98 Å². The highest BCUT2D eigenvalue weighted by Crippen LogP contribution is 2.35. The Morgan fingerprint density at radius 1 is 1.14 bits per heavy atom. The van der Waals surface area contributed by atoms with E-state index in [0.717, 1.165) is 0 Å².